The van der Waals surface area contributed by atoms with Crippen LogP contribution in [-0.2, 0) is 11.2 Å². The molecule has 0 aliphatic rings. The average molecular weight is 261 g/mol. The molecule has 1 amide bonds. The number of aromatic nitrogens is 2. The Bertz CT molecular complexity index is 533. The largest absolute Gasteiger partial charge is 0.301 e. The molecule has 0 aliphatic heterocycles. The second kappa shape index (κ2) is 5.73. The number of nitrogens with zero attached hydrogens (tertiary/aromatic N) is 2. The number of nitrogens with one attached hydrogen (secondary N) is 1. The number of amides is 1. The van der Waals surface area contributed by atoms with Gasteiger partial charge in [0.2, 0.25) is 11.0 Å². The minimum absolute atomic E-state index is 0.0216. The van der Waals surface area contributed by atoms with Crippen LogP contribution in [0.1, 0.15) is 23.4 Å². The van der Waals surface area contributed by atoms with E-state index in [0.29, 0.717) is 17.4 Å². The summed E-state index contributed by atoms with van der Waals surface area (Å²) in [6, 6.07) is 8.22. The molecule has 0 saturated heterocycles. The van der Waals surface area contributed by atoms with Crippen molar-refractivity contribution in [3.63, 3.8) is 0 Å². The highest BCUT2D eigenvalue weighted by molar-refractivity contribution is 7.09. The summed E-state index contributed by atoms with van der Waals surface area (Å²) in [5.41, 5.74) is 2.40. The van der Waals surface area contributed by atoms with Gasteiger partial charge in [0.1, 0.15) is 5.82 Å². The number of carbonyl (C=O) groups is 1. The molecule has 0 bridgehead atoms. The minimum Gasteiger partial charge on any atom is -0.301 e. The Morgan fingerprint density at radius 3 is 2.61 bits per heavy atom. The third-order valence-electron chi connectivity index (χ3n) is 2.54. The lowest BCUT2D eigenvalue weighted by Gasteiger charge is -2.02. The molecule has 1 heterocycles. The van der Waals surface area contributed by atoms with Gasteiger partial charge < -0.3 is 5.32 Å². The second-order valence-electron chi connectivity index (χ2n) is 4.18. The number of hydrogen-bond acceptors (Lipinski definition) is 4. The van der Waals surface area contributed by atoms with E-state index in [0.717, 1.165) is 6.42 Å². The quantitative estimate of drug-likeness (QED) is 0.920. The zero-order valence-corrected chi connectivity index (χ0v) is 11.3. The van der Waals surface area contributed by atoms with Gasteiger partial charge >= 0.3 is 0 Å². The predicted molar refractivity (Wildman–Crippen MR) is 72.8 cm³/mol. The molecule has 1 aromatic heterocycles. The molecule has 0 fully saturated rings. The number of rotatable bonds is 4. The average Bonchev–Trinajstić information content (AvgIpc) is 2.74. The zero-order valence-electron chi connectivity index (χ0n) is 10.4. The van der Waals surface area contributed by atoms with Gasteiger partial charge in [-0.15, -0.1) is 0 Å². The van der Waals surface area contributed by atoms with E-state index in [2.05, 4.69) is 38.9 Å². The fourth-order valence-electron chi connectivity index (χ4n) is 1.54. The summed E-state index contributed by atoms with van der Waals surface area (Å²) in [6.07, 6.45) is 1.20. The molecule has 0 radical (unpaired) electrons. The molecule has 1 aromatic carbocycles. The van der Waals surface area contributed by atoms with Gasteiger partial charge in [0, 0.05) is 18.0 Å². The topological polar surface area (TPSA) is 54.9 Å². The first kappa shape index (κ1) is 12.7. The normalized spacial score (nSPS) is 10.3. The molecule has 94 valence electrons. The summed E-state index contributed by atoms with van der Waals surface area (Å²) in [5, 5.41) is 3.32. The monoisotopic (exact) mass is 261 g/mol. The molecule has 2 aromatic rings. The van der Waals surface area contributed by atoms with E-state index in [9.17, 15) is 4.79 Å². The van der Waals surface area contributed by atoms with Crippen LogP contribution in [0.25, 0.3) is 0 Å². The van der Waals surface area contributed by atoms with Crippen LogP contribution in [0.4, 0.5) is 5.13 Å². The van der Waals surface area contributed by atoms with E-state index in [1.54, 1.807) is 6.92 Å². The summed E-state index contributed by atoms with van der Waals surface area (Å²) in [6.45, 7) is 3.85. The number of aryl methyl sites for hydroxylation is 3. The Morgan fingerprint density at radius 2 is 2.00 bits per heavy atom. The smallest absolute Gasteiger partial charge is 0.226 e. The van der Waals surface area contributed by atoms with Crippen molar-refractivity contribution in [2.75, 3.05) is 5.32 Å². The van der Waals surface area contributed by atoms with Gasteiger partial charge in [0.25, 0.3) is 0 Å². The van der Waals surface area contributed by atoms with E-state index in [-0.39, 0.29) is 5.91 Å². The maximum Gasteiger partial charge on any atom is 0.226 e. The number of benzene rings is 1. The van der Waals surface area contributed by atoms with Crippen molar-refractivity contribution in [2.24, 2.45) is 0 Å². The van der Waals surface area contributed by atoms with E-state index < -0.39 is 0 Å². The van der Waals surface area contributed by atoms with Crippen molar-refractivity contribution in [2.45, 2.75) is 26.7 Å². The lowest BCUT2D eigenvalue weighted by Crippen LogP contribution is -2.12. The van der Waals surface area contributed by atoms with Crippen LogP contribution < -0.4 is 5.32 Å². The molecule has 4 nitrogen and oxygen atoms in total. The van der Waals surface area contributed by atoms with Crippen molar-refractivity contribution in [3.8, 4) is 0 Å². The molecule has 0 saturated carbocycles. The van der Waals surface area contributed by atoms with Crippen molar-refractivity contribution < 1.29 is 4.79 Å². The maximum atomic E-state index is 11.7. The molecule has 0 atom stereocenters. The number of hydrogen-bond donors (Lipinski definition) is 1. The van der Waals surface area contributed by atoms with E-state index in [1.165, 1.54) is 22.7 Å². The van der Waals surface area contributed by atoms with Gasteiger partial charge in [-0.25, -0.2) is 4.98 Å². The fraction of sp³-hybridized carbons (Fsp3) is 0.308. The first-order chi connectivity index (χ1) is 8.63. The fourth-order valence-corrected chi connectivity index (χ4v) is 2.13. The minimum atomic E-state index is -0.0216. The van der Waals surface area contributed by atoms with Crippen LogP contribution in [0.3, 0.4) is 0 Å². The molecular formula is C13H15N3OS. The Kier molecular flexibility index (Phi) is 4.04. The highest BCUT2D eigenvalue weighted by Gasteiger charge is 2.06. The first-order valence-electron chi connectivity index (χ1n) is 5.79. The van der Waals surface area contributed by atoms with Crippen LogP contribution in [0, 0.1) is 13.8 Å². The molecule has 2 rings (SSSR count). The molecular weight excluding hydrogens is 246 g/mol. The van der Waals surface area contributed by atoms with Gasteiger partial charge in [0.15, 0.2) is 0 Å². The highest BCUT2D eigenvalue weighted by Crippen LogP contribution is 2.11. The van der Waals surface area contributed by atoms with Crippen LogP contribution in [0.15, 0.2) is 24.3 Å². The third-order valence-corrected chi connectivity index (χ3v) is 3.26. The summed E-state index contributed by atoms with van der Waals surface area (Å²) in [7, 11) is 0. The molecule has 0 aliphatic carbocycles. The van der Waals surface area contributed by atoms with Gasteiger partial charge in [-0.1, -0.05) is 29.8 Å². The standard InChI is InChI=1S/C13H15N3OS/c1-9-3-5-11(6-4-9)7-8-12(17)15-13-14-10(2)16-18-13/h3-6H,7-8H2,1-2H3,(H,14,15,16,17). The third kappa shape index (κ3) is 3.63. The van der Waals surface area contributed by atoms with Crippen LogP contribution >= 0.6 is 11.5 Å². The molecule has 18 heavy (non-hydrogen) atoms. The second-order valence-corrected chi connectivity index (χ2v) is 4.93. The Balaban J connectivity index is 1.83. The van der Waals surface area contributed by atoms with E-state index in [1.807, 2.05) is 6.92 Å². The van der Waals surface area contributed by atoms with Gasteiger partial charge in [-0.2, -0.15) is 4.37 Å². The van der Waals surface area contributed by atoms with Crippen LogP contribution in [0.2, 0.25) is 0 Å². The van der Waals surface area contributed by atoms with Crippen molar-refractivity contribution >= 4 is 22.6 Å². The summed E-state index contributed by atoms with van der Waals surface area (Å²) in [5.74, 6) is 0.667. The van der Waals surface area contributed by atoms with Crippen LogP contribution in [0.5, 0.6) is 0 Å². The number of carbonyl (C=O) groups excluding carboxylic acids is 1. The highest BCUT2D eigenvalue weighted by atomic mass is 32.1. The van der Waals surface area contributed by atoms with E-state index >= 15 is 0 Å². The van der Waals surface area contributed by atoms with Crippen molar-refractivity contribution in [1.82, 2.24) is 9.36 Å². The van der Waals surface area contributed by atoms with Crippen molar-refractivity contribution in [1.29, 1.82) is 0 Å². The lowest BCUT2D eigenvalue weighted by atomic mass is 10.1. The van der Waals surface area contributed by atoms with Gasteiger partial charge in [-0.3, -0.25) is 4.79 Å². The Hall–Kier alpha value is -1.75. The van der Waals surface area contributed by atoms with Crippen molar-refractivity contribution in [3.05, 3.63) is 41.2 Å². The molecule has 5 heteroatoms. The maximum absolute atomic E-state index is 11.7. The zero-order chi connectivity index (χ0) is 13.0. The lowest BCUT2D eigenvalue weighted by molar-refractivity contribution is -0.116. The molecule has 0 unspecified atom stereocenters. The Labute approximate surface area is 110 Å². The van der Waals surface area contributed by atoms with Crippen LogP contribution in [-0.4, -0.2) is 15.3 Å². The first-order valence-corrected chi connectivity index (χ1v) is 6.56. The van der Waals surface area contributed by atoms with E-state index in [4.69, 9.17) is 0 Å². The molecule has 1 N–H and O–H groups in total. The number of anilines is 1. The molecule has 0 spiro atoms. The van der Waals surface area contributed by atoms with Gasteiger partial charge in [0.05, 0.1) is 0 Å². The SMILES string of the molecule is Cc1ccc(CCC(=O)Nc2nc(C)ns2)cc1. The Morgan fingerprint density at radius 1 is 1.28 bits per heavy atom. The summed E-state index contributed by atoms with van der Waals surface area (Å²) < 4.78 is 4.01. The van der Waals surface area contributed by atoms with Gasteiger partial charge in [-0.05, 0) is 25.8 Å². The predicted octanol–water partition coefficient (Wildman–Crippen LogP) is 2.73. The summed E-state index contributed by atoms with van der Waals surface area (Å²) >= 11 is 1.21. The summed E-state index contributed by atoms with van der Waals surface area (Å²) in [4.78, 5) is 15.8.